The van der Waals surface area contributed by atoms with Crippen LogP contribution < -0.4 is 0 Å². The smallest absolute Gasteiger partial charge is 0.0991 e. The number of aliphatic hydroxyl groups is 1. The summed E-state index contributed by atoms with van der Waals surface area (Å²) in [5.74, 6) is 0.882. The van der Waals surface area contributed by atoms with Crippen molar-refractivity contribution in [2.45, 2.75) is 17.9 Å². The summed E-state index contributed by atoms with van der Waals surface area (Å²) in [5, 5.41) is 17.7. The lowest BCUT2D eigenvalue weighted by Gasteiger charge is -2.06. The van der Waals surface area contributed by atoms with Gasteiger partial charge in [-0.25, -0.2) is 0 Å². The van der Waals surface area contributed by atoms with Crippen molar-refractivity contribution in [1.29, 1.82) is 5.26 Å². The predicted molar refractivity (Wildman–Crippen MR) is 59.0 cm³/mol. The highest BCUT2D eigenvalue weighted by Crippen LogP contribution is 2.17. The summed E-state index contributed by atoms with van der Waals surface area (Å²) in [7, 11) is 0. The maximum absolute atomic E-state index is 8.83. The molecule has 0 aromatic heterocycles. The Balaban J connectivity index is 2.49. The summed E-state index contributed by atoms with van der Waals surface area (Å²) in [6.07, 6.45) is 0. The van der Waals surface area contributed by atoms with E-state index in [0.717, 1.165) is 5.75 Å². The zero-order valence-electron chi connectivity index (χ0n) is 8.10. The molecule has 14 heavy (non-hydrogen) atoms. The van der Waals surface area contributed by atoms with Gasteiger partial charge in [0.05, 0.1) is 18.2 Å². The molecule has 0 aliphatic heterocycles. The van der Waals surface area contributed by atoms with Crippen LogP contribution in [0.5, 0.6) is 0 Å². The molecular weight excluding hydrogens is 194 g/mol. The van der Waals surface area contributed by atoms with Crippen LogP contribution in [0.1, 0.15) is 18.1 Å². The van der Waals surface area contributed by atoms with Crippen molar-refractivity contribution in [2.24, 2.45) is 0 Å². The lowest BCUT2D eigenvalue weighted by atomic mass is 10.2. The molecular formula is C11H13NOS. The van der Waals surface area contributed by atoms with E-state index in [9.17, 15) is 0 Å². The third-order valence-electron chi connectivity index (χ3n) is 1.87. The van der Waals surface area contributed by atoms with Crippen molar-refractivity contribution < 1.29 is 5.11 Å². The van der Waals surface area contributed by atoms with Crippen molar-refractivity contribution in [3.63, 3.8) is 0 Å². The van der Waals surface area contributed by atoms with Gasteiger partial charge in [-0.15, -0.1) is 0 Å². The van der Waals surface area contributed by atoms with Crippen LogP contribution in [0.15, 0.2) is 24.3 Å². The van der Waals surface area contributed by atoms with Crippen LogP contribution in [0.25, 0.3) is 0 Å². The molecule has 1 rings (SSSR count). The molecule has 0 unspecified atom stereocenters. The lowest BCUT2D eigenvalue weighted by Crippen LogP contribution is -2.02. The minimum atomic E-state index is 0.209. The van der Waals surface area contributed by atoms with E-state index in [1.807, 2.05) is 31.2 Å². The molecule has 1 aromatic rings. The van der Waals surface area contributed by atoms with Gasteiger partial charge in [-0.2, -0.15) is 17.0 Å². The molecule has 2 nitrogen and oxygen atoms in total. The summed E-state index contributed by atoms with van der Waals surface area (Å²) < 4.78 is 0. The van der Waals surface area contributed by atoms with Gasteiger partial charge in [0.15, 0.2) is 0 Å². The van der Waals surface area contributed by atoms with E-state index in [1.165, 1.54) is 5.56 Å². The number of benzene rings is 1. The summed E-state index contributed by atoms with van der Waals surface area (Å²) in [6.45, 7) is 2.20. The summed E-state index contributed by atoms with van der Waals surface area (Å²) >= 11 is 1.71. The summed E-state index contributed by atoms with van der Waals surface area (Å²) in [4.78, 5) is 0. The monoisotopic (exact) mass is 207 g/mol. The number of nitrogens with zero attached hydrogens (tertiary/aromatic N) is 1. The van der Waals surface area contributed by atoms with Crippen LogP contribution >= 0.6 is 11.8 Å². The third kappa shape index (κ3) is 3.41. The van der Waals surface area contributed by atoms with Crippen LogP contribution in [0.4, 0.5) is 0 Å². The van der Waals surface area contributed by atoms with Crippen LogP contribution in [0, 0.1) is 11.3 Å². The van der Waals surface area contributed by atoms with E-state index in [1.54, 1.807) is 11.8 Å². The number of aliphatic hydroxyl groups excluding tert-OH is 1. The fourth-order valence-electron chi connectivity index (χ4n) is 0.967. The first-order valence-electron chi connectivity index (χ1n) is 4.47. The maximum Gasteiger partial charge on any atom is 0.0991 e. The first-order valence-corrected chi connectivity index (χ1v) is 5.52. The first-order chi connectivity index (χ1) is 6.76. The van der Waals surface area contributed by atoms with Gasteiger partial charge in [-0.3, -0.25) is 0 Å². The molecule has 1 atom stereocenters. The summed E-state index contributed by atoms with van der Waals surface area (Å²) in [5.41, 5.74) is 1.88. The molecule has 3 heteroatoms. The Kier molecular flexibility index (Phi) is 4.51. The molecule has 0 fully saturated rings. The van der Waals surface area contributed by atoms with E-state index < -0.39 is 0 Å². The molecule has 0 saturated heterocycles. The van der Waals surface area contributed by atoms with E-state index >= 15 is 0 Å². The van der Waals surface area contributed by atoms with Crippen LogP contribution in [-0.2, 0) is 5.75 Å². The SMILES string of the molecule is C[C@H](CO)SCc1ccc(C#N)cc1. The molecule has 0 aliphatic rings. The largest absolute Gasteiger partial charge is 0.395 e. The average molecular weight is 207 g/mol. The second kappa shape index (κ2) is 5.69. The Labute approximate surface area is 88.6 Å². The Morgan fingerprint density at radius 3 is 2.57 bits per heavy atom. The van der Waals surface area contributed by atoms with Gasteiger partial charge in [0.25, 0.3) is 0 Å². The number of thioether (sulfide) groups is 1. The maximum atomic E-state index is 8.83. The zero-order valence-corrected chi connectivity index (χ0v) is 8.92. The molecule has 74 valence electrons. The van der Waals surface area contributed by atoms with Crippen LogP contribution in [0.2, 0.25) is 0 Å². The van der Waals surface area contributed by atoms with E-state index in [-0.39, 0.29) is 11.9 Å². The third-order valence-corrected chi connectivity index (χ3v) is 3.09. The van der Waals surface area contributed by atoms with Crippen molar-refractivity contribution >= 4 is 11.8 Å². The molecule has 0 radical (unpaired) electrons. The van der Waals surface area contributed by atoms with Crippen molar-refractivity contribution in [1.82, 2.24) is 0 Å². The van der Waals surface area contributed by atoms with Gasteiger partial charge in [-0.05, 0) is 17.7 Å². The van der Waals surface area contributed by atoms with Gasteiger partial charge in [0.2, 0.25) is 0 Å². The van der Waals surface area contributed by atoms with Crippen LogP contribution in [0.3, 0.4) is 0 Å². The Hall–Kier alpha value is -0.980. The van der Waals surface area contributed by atoms with Gasteiger partial charge in [0.1, 0.15) is 0 Å². The standard InChI is InChI=1S/C11H13NOS/c1-9(7-13)14-8-11-4-2-10(6-12)3-5-11/h2-5,9,13H,7-8H2,1H3/t9-/m1/s1. The molecule has 0 aliphatic carbocycles. The number of hydrogen-bond acceptors (Lipinski definition) is 3. The average Bonchev–Trinajstić information content (AvgIpc) is 2.26. The molecule has 0 bridgehead atoms. The first kappa shape index (κ1) is 11.1. The highest BCUT2D eigenvalue weighted by Gasteiger charge is 2.00. The highest BCUT2D eigenvalue weighted by molar-refractivity contribution is 7.99. The van der Waals surface area contributed by atoms with Crippen molar-refractivity contribution in [3.05, 3.63) is 35.4 Å². The van der Waals surface area contributed by atoms with E-state index in [4.69, 9.17) is 10.4 Å². The lowest BCUT2D eigenvalue weighted by molar-refractivity contribution is 0.300. The molecule has 0 saturated carbocycles. The normalized spacial score (nSPS) is 12.1. The second-order valence-electron chi connectivity index (χ2n) is 3.11. The Morgan fingerprint density at radius 2 is 2.07 bits per heavy atom. The highest BCUT2D eigenvalue weighted by atomic mass is 32.2. The molecule has 0 heterocycles. The minimum absolute atomic E-state index is 0.209. The second-order valence-corrected chi connectivity index (χ2v) is 4.54. The number of nitriles is 1. The van der Waals surface area contributed by atoms with Gasteiger partial charge >= 0.3 is 0 Å². The minimum Gasteiger partial charge on any atom is -0.395 e. The Morgan fingerprint density at radius 1 is 1.43 bits per heavy atom. The van der Waals surface area contributed by atoms with Gasteiger partial charge in [0, 0.05) is 11.0 Å². The topological polar surface area (TPSA) is 44.0 Å². The molecule has 0 spiro atoms. The van der Waals surface area contributed by atoms with Crippen molar-refractivity contribution in [2.75, 3.05) is 6.61 Å². The Bertz CT molecular complexity index is 315. The number of rotatable bonds is 4. The molecule has 0 amide bonds. The van der Waals surface area contributed by atoms with Crippen molar-refractivity contribution in [3.8, 4) is 6.07 Å². The van der Waals surface area contributed by atoms with E-state index in [0.29, 0.717) is 5.56 Å². The number of hydrogen-bond donors (Lipinski definition) is 1. The molecule has 1 N–H and O–H groups in total. The fourth-order valence-corrected chi connectivity index (χ4v) is 1.74. The summed E-state index contributed by atoms with van der Waals surface area (Å²) in [6, 6.07) is 9.63. The quantitative estimate of drug-likeness (QED) is 0.823. The molecule has 1 aromatic carbocycles. The predicted octanol–water partition coefficient (Wildman–Crippen LogP) is 2.17. The van der Waals surface area contributed by atoms with Gasteiger partial charge < -0.3 is 5.11 Å². The van der Waals surface area contributed by atoms with E-state index in [2.05, 4.69) is 6.07 Å². The van der Waals surface area contributed by atoms with Crippen LogP contribution in [-0.4, -0.2) is 17.0 Å². The zero-order chi connectivity index (χ0) is 10.4. The fraction of sp³-hybridized carbons (Fsp3) is 0.364. The van der Waals surface area contributed by atoms with Gasteiger partial charge in [-0.1, -0.05) is 19.1 Å².